The fourth-order valence-corrected chi connectivity index (χ4v) is 5.03. The molecule has 1 unspecified atom stereocenters. The number of phenols is 1. The van der Waals surface area contributed by atoms with Gasteiger partial charge in [-0.05, 0) is 66.4 Å². The summed E-state index contributed by atoms with van der Waals surface area (Å²) in [6.07, 6.45) is 0. The van der Waals surface area contributed by atoms with Gasteiger partial charge in [0.15, 0.2) is 0 Å². The maximum absolute atomic E-state index is 13.5. The number of rotatable bonds is 4. The lowest BCUT2D eigenvalue weighted by Gasteiger charge is -2.27. The predicted octanol–water partition coefficient (Wildman–Crippen LogP) is 6.05. The van der Waals surface area contributed by atoms with Crippen molar-refractivity contribution in [3.05, 3.63) is 104 Å². The summed E-state index contributed by atoms with van der Waals surface area (Å²) in [6.45, 7) is 4.14. The molecule has 2 heterocycles. The van der Waals surface area contributed by atoms with Crippen molar-refractivity contribution >= 4 is 21.8 Å². The quantitative estimate of drug-likeness (QED) is 0.354. The van der Waals surface area contributed by atoms with E-state index in [0.29, 0.717) is 23.5 Å². The second-order valence-corrected chi connectivity index (χ2v) is 9.27. The molecule has 4 aromatic rings. The van der Waals surface area contributed by atoms with Gasteiger partial charge in [-0.25, -0.2) is 4.39 Å². The van der Waals surface area contributed by atoms with E-state index in [-0.39, 0.29) is 17.5 Å². The highest BCUT2D eigenvalue weighted by molar-refractivity contribution is 9.10. The number of carbonyl (C=O) groups is 1. The van der Waals surface area contributed by atoms with Crippen LogP contribution in [0.25, 0.3) is 11.3 Å². The van der Waals surface area contributed by atoms with Crippen LogP contribution in [-0.2, 0) is 6.54 Å². The van der Waals surface area contributed by atoms with E-state index in [2.05, 4.69) is 26.1 Å². The van der Waals surface area contributed by atoms with Crippen LogP contribution >= 0.6 is 15.9 Å². The van der Waals surface area contributed by atoms with E-state index in [0.717, 1.165) is 32.3 Å². The van der Waals surface area contributed by atoms with Gasteiger partial charge in [0, 0.05) is 22.1 Å². The minimum Gasteiger partial charge on any atom is -0.507 e. The fraction of sp³-hybridized carbons (Fsp3) is 0.154. The molecule has 0 saturated heterocycles. The van der Waals surface area contributed by atoms with Gasteiger partial charge < -0.3 is 10.0 Å². The summed E-state index contributed by atoms with van der Waals surface area (Å²) in [7, 11) is 0. The molecule has 5 nitrogen and oxygen atoms in total. The van der Waals surface area contributed by atoms with E-state index in [1.54, 1.807) is 23.1 Å². The van der Waals surface area contributed by atoms with Crippen molar-refractivity contribution in [2.24, 2.45) is 0 Å². The Labute approximate surface area is 199 Å². The minimum atomic E-state index is -0.427. The molecule has 1 aliphatic heterocycles. The standard InChI is InChI=1S/C26H21BrFN3O2/c1-14-10-15(2)21(20(32)11-14)23-22-24(30-29-23)26(33)31(13-16-6-8-19(28)9-7-16)25(22)17-4-3-5-18(27)12-17/h3-12,25,32H,13H2,1-2H3,(H,29,30). The number of carbonyl (C=O) groups excluding carboxylic acids is 1. The molecule has 3 aromatic carbocycles. The van der Waals surface area contributed by atoms with Gasteiger partial charge in [-0.2, -0.15) is 5.10 Å². The molecule has 0 saturated carbocycles. The van der Waals surface area contributed by atoms with Crippen LogP contribution in [0.3, 0.4) is 0 Å². The van der Waals surface area contributed by atoms with Crippen molar-refractivity contribution in [2.75, 3.05) is 0 Å². The second-order valence-electron chi connectivity index (χ2n) is 8.35. The van der Waals surface area contributed by atoms with Gasteiger partial charge in [0.1, 0.15) is 23.0 Å². The van der Waals surface area contributed by atoms with Gasteiger partial charge in [0.25, 0.3) is 5.91 Å². The Balaban J connectivity index is 1.69. The van der Waals surface area contributed by atoms with Crippen LogP contribution in [0, 0.1) is 19.7 Å². The number of hydrogen-bond acceptors (Lipinski definition) is 3. The number of hydrogen-bond donors (Lipinski definition) is 2. The van der Waals surface area contributed by atoms with Crippen molar-refractivity contribution in [3.8, 4) is 17.0 Å². The summed E-state index contributed by atoms with van der Waals surface area (Å²) in [6, 6.07) is 17.2. The predicted molar refractivity (Wildman–Crippen MR) is 127 cm³/mol. The minimum absolute atomic E-state index is 0.124. The van der Waals surface area contributed by atoms with Crippen LogP contribution in [0.2, 0.25) is 0 Å². The first-order valence-corrected chi connectivity index (χ1v) is 11.3. The number of aromatic hydroxyl groups is 1. The number of benzene rings is 3. The number of aromatic nitrogens is 2. The lowest BCUT2D eigenvalue weighted by molar-refractivity contribution is 0.0730. The zero-order valence-corrected chi connectivity index (χ0v) is 19.6. The number of aromatic amines is 1. The zero-order chi connectivity index (χ0) is 23.3. The molecule has 166 valence electrons. The van der Waals surface area contributed by atoms with Crippen LogP contribution in [-0.4, -0.2) is 26.1 Å². The van der Waals surface area contributed by atoms with E-state index in [4.69, 9.17) is 0 Å². The van der Waals surface area contributed by atoms with Crippen molar-refractivity contribution in [3.63, 3.8) is 0 Å². The largest absolute Gasteiger partial charge is 0.507 e. The summed E-state index contributed by atoms with van der Waals surface area (Å²) in [5, 5.41) is 18.2. The summed E-state index contributed by atoms with van der Waals surface area (Å²) >= 11 is 3.54. The van der Waals surface area contributed by atoms with Crippen LogP contribution < -0.4 is 0 Å². The highest BCUT2D eigenvalue weighted by Gasteiger charge is 2.42. The molecule has 2 N–H and O–H groups in total. The third kappa shape index (κ3) is 3.72. The molecular formula is C26H21BrFN3O2. The molecule has 33 heavy (non-hydrogen) atoms. The first-order valence-electron chi connectivity index (χ1n) is 10.5. The number of nitrogens with zero attached hydrogens (tertiary/aromatic N) is 2. The Bertz CT molecular complexity index is 1360. The number of H-pyrrole nitrogens is 1. The smallest absolute Gasteiger partial charge is 0.273 e. The molecule has 7 heteroatoms. The summed E-state index contributed by atoms with van der Waals surface area (Å²) in [5.41, 5.74) is 5.83. The number of halogens is 2. The molecule has 0 fully saturated rings. The van der Waals surface area contributed by atoms with Crippen LogP contribution in [0.4, 0.5) is 4.39 Å². The van der Waals surface area contributed by atoms with E-state index in [9.17, 15) is 14.3 Å². The van der Waals surface area contributed by atoms with Gasteiger partial charge in [-0.1, -0.05) is 46.3 Å². The molecule has 0 aliphatic carbocycles. The van der Waals surface area contributed by atoms with Crippen molar-refractivity contribution in [1.29, 1.82) is 0 Å². The first-order chi connectivity index (χ1) is 15.8. The molecule has 1 aromatic heterocycles. The van der Waals surface area contributed by atoms with E-state index in [1.165, 1.54) is 12.1 Å². The number of amides is 1. The number of nitrogens with one attached hydrogen (secondary N) is 1. The van der Waals surface area contributed by atoms with E-state index < -0.39 is 6.04 Å². The number of aryl methyl sites for hydroxylation is 2. The van der Waals surface area contributed by atoms with Crippen LogP contribution in [0.5, 0.6) is 5.75 Å². The maximum atomic E-state index is 13.5. The van der Waals surface area contributed by atoms with E-state index >= 15 is 0 Å². The molecule has 1 amide bonds. The van der Waals surface area contributed by atoms with Crippen molar-refractivity contribution in [1.82, 2.24) is 15.1 Å². The van der Waals surface area contributed by atoms with Gasteiger partial charge in [0.05, 0.1) is 6.04 Å². The molecule has 1 aliphatic rings. The van der Waals surface area contributed by atoms with E-state index in [1.807, 2.05) is 44.2 Å². The van der Waals surface area contributed by atoms with Crippen molar-refractivity contribution in [2.45, 2.75) is 26.4 Å². The number of fused-ring (bicyclic) bond motifs is 1. The Kier molecular flexibility index (Phi) is 5.29. The summed E-state index contributed by atoms with van der Waals surface area (Å²) in [4.78, 5) is 15.3. The Hall–Kier alpha value is -3.45. The third-order valence-corrected chi connectivity index (χ3v) is 6.48. The third-order valence-electron chi connectivity index (χ3n) is 5.99. The summed E-state index contributed by atoms with van der Waals surface area (Å²) in [5.74, 6) is -0.390. The van der Waals surface area contributed by atoms with Gasteiger partial charge in [0.2, 0.25) is 0 Å². The summed E-state index contributed by atoms with van der Waals surface area (Å²) < 4.78 is 14.3. The highest BCUT2D eigenvalue weighted by Crippen LogP contribution is 2.46. The molecule has 5 rings (SSSR count). The van der Waals surface area contributed by atoms with Crippen LogP contribution in [0.1, 0.15) is 44.3 Å². The highest BCUT2D eigenvalue weighted by atomic mass is 79.9. The molecule has 1 atom stereocenters. The van der Waals surface area contributed by atoms with Crippen molar-refractivity contribution < 1.29 is 14.3 Å². The normalized spacial score (nSPS) is 15.2. The molecule has 0 radical (unpaired) electrons. The maximum Gasteiger partial charge on any atom is 0.273 e. The Morgan fingerprint density at radius 3 is 2.58 bits per heavy atom. The molecule has 0 spiro atoms. The van der Waals surface area contributed by atoms with Gasteiger partial charge >= 0.3 is 0 Å². The Morgan fingerprint density at radius 2 is 1.88 bits per heavy atom. The fourth-order valence-electron chi connectivity index (χ4n) is 4.61. The first kappa shape index (κ1) is 21.4. The zero-order valence-electron chi connectivity index (χ0n) is 18.1. The number of phenolic OH excluding ortho intramolecular Hbond substituents is 1. The average Bonchev–Trinajstić information content (AvgIpc) is 3.28. The lowest BCUT2D eigenvalue weighted by atomic mass is 9.93. The van der Waals surface area contributed by atoms with Gasteiger partial charge in [-0.15, -0.1) is 0 Å². The molecular weight excluding hydrogens is 485 g/mol. The topological polar surface area (TPSA) is 69.2 Å². The van der Waals surface area contributed by atoms with Gasteiger partial charge in [-0.3, -0.25) is 9.89 Å². The SMILES string of the molecule is Cc1cc(C)c(-c2n[nH]c3c2C(c2cccc(Br)c2)N(Cc2ccc(F)cc2)C3=O)c(O)c1. The monoisotopic (exact) mass is 505 g/mol. The average molecular weight is 506 g/mol. The second kappa shape index (κ2) is 8.15. The van der Waals surface area contributed by atoms with Crippen LogP contribution in [0.15, 0.2) is 65.1 Å². The molecule has 0 bridgehead atoms. The lowest BCUT2D eigenvalue weighted by Crippen LogP contribution is -2.29. The Morgan fingerprint density at radius 1 is 1.12 bits per heavy atom.